The average molecular weight is 328 g/mol. The Labute approximate surface area is 132 Å². The van der Waals surface area contributed by atoms with Crippen LogP contribution >= 0.6 is 0 Å². The second kappa shape index (κ2) is 8.70. The Balaban J connectivity index is 2.87. The highest BCUT2D eigenvalue weighted by atomic mass is 16.5. The maximum absolute atomic E-state index is 12.1. The van der Waals surface area contributed by atoms with Crippen LogP contribution in [0.3, 0.4) is 0 Å². The maximum Gasteiger partial charge on any atom is 0.310 e. The molecule has 0 aliphatic rings. The molecular formula is C15H20O8. The van der Waals surface area contributed by atoms with Crippen LogP contribution in [0.15, 0.2) is 24.3 Å². The number of carbonyl (C=O) groups is 2. The summed E-state index contributed by atoms with van der Waals surface area (Å²) in [6, 6.07) is 5.40. The summed E-state index contributed by atoms with van der Waals surface area (Å²) < 4.78 is 4.94. The van der Waals surface area contributed by atoms with E-state index in [-0.39, 0.29) is 17.7 Å². The van der Waals surface area contributed by atoms with Crippen LogP contribution < -0.4 is 4.74 Å². The van der Waals surface area contributed by atoms with Crippen LogP contribution in [-0.4, -0.2) is 68.3 Å². The van der Waals surface area contributed by atoms with Crippen molar-refractivity contribution < 1.29 is 39.9 Å². The van der Waals surface area contributed by atoms with Crippen molar-refractivity contribution in [1.82, 2.24) is 0 Å². The highest BCUT2D eigenvalue weighted by molar-refractivity contribution is 6.00. The van der Waals surface area contributed by atoms with Gasteiger partial charge in [0.25, 0.3) is 0 Å². The van der Waals surface area contributed by atoms with Gasteiger partial charge < -0.3 is 30.3 Å². The molecule has 0 saturated carbocycles. The number of esters is 1. The Morgan fingerprint density at radius 1 is 1.13 bits per heavy atom. The van der Waals surface area contributed by atoms with Crippen molar-refractivity contribution in [3.8, 4) is 5.75 Å². The fourth-order valence-electron chi connectivity index (χ4n) is 1.76. The highest BCUT2D eigenvalue weighted by Gasteiger charge is 2.34. The van der Waals surface area contributed by atoms with E-state index in [0.29, 0.717) is 0 Å². The van der Waals surface area contributed by atoms with Gasteiger partial charge in [0.2, 0.25) is 0 Å². The average Bonchev–Trinajstić information content (AvgIpc) is 2.58. The monoisotopic (exact) mass is 328 g/mol. The molecule has 1 aromatic rings. The van der Waals surface area contributed by atoms with E-state index >= 15 is 0 Å². The number of aliphatic hydroxyl groups is 5. The molecule has 0 heterocycles. The molecule has 1 aromatic carbocycles. The number of rotatable bonds is 8. The van der Waals surface area contributed by atoms with Crippen LogP contribution in [0.25, 0.3) is 0 Å². The molecule has 0 aliphatic heterocycles. The Morgan fingerprint density at radius 2 is 1.78 bits per heavy atom. The van der Waals surface area contributed by atoms with E-state index < -0.39 is 42.8 Å². The molecule has 0 unspecified atom stereocenters. The Morgan fingerprint density at radius 3 is 2.35 bits per heavy atom. The smallest absolute Gasteiger partial charge is 0.310 e. The van der Waals surface area contributed by atoms with Gasteiger partial charge in [-0.05, 0) is 12.1 Å². The molecule has 0 radical (unpaired) electrons. The van der Waals surface area contributed by atoms with Gasteiger partial charge in [-0.15, -0.1) is 0 Å². The maximum atomic E-state index is 12.1. The second-order valence-electron chi connectivity index (χ2n) is 4.90. The number of hydrogen-bond acceptors (Lipinski definition) is 8. The van der Waals surface area contributed by atoms with Gasteiger partial charge in [0, 0.05) is 12.0 Å². The molecule has 5 N–H and O–H groups in total. The van der Waals surface area contributed by atoms with Crippen LogP contribution in [0.1, 0.15) is 23.7 Å². The molecule has 23 heavy (non-hydrogen) atoms. The zero-order valence-corrected chi connectivity index (χ0v) is 12.5. The van der Waals surface area contributed by atoms with E-state index in [1.165, 1.54) is 24.3 Å². The first-order valence-corrected chi connectivity index (χ1v) is 6.99. The van der Waals surface area contributed by atoms with E-state index in [1.807, 2.05) is 0 Å². The highest BCUT2D eigenvalue weighted by Crippen LogP contribution is 2.17. The first-order valence-electron chi connectivity index (χ1n) is 6.99. The number of ether oxygens (including phenoxy) is 1. The summed E-state index contributed by atoms with van der Waals surface area (Å²) in [5, 5.41) is 47.0. The predicted molar refractivity (Wildman–Crippen MR) is 77.8 cm³/mol. The van der Waals surface area contributed by atoms with Gasteiger partial charge in [-0.3, -0.25) is 9.59 Å². The molecule has 0 aromatic heterocycles. The molecule has 0 saturated heterocycles. The summed E-state index contributed by atoms with van der Waals surface area (Å²) in [4.78, 5) is 23.3. The quantitative estimate of drug-likeness (QED) is 0.223. The van der Waals surface area contributed by atoms with Crippen molar-refractivity contribution in [2.75, 3.05) is 6.61 Å². The van der Waals surface area contributed by atoms with Crippen molar-refractivity contribution >= 4 is 11.8 Å². The first-order chi connectivity index (χ1) is 10.8. The zero-order valence-electron chi connectivity index (χ0n) is 12.5. The molecule has 0 amide bonds. The van der Waals surface area contributed by atoms with Crippen molar-refractivity contribution in [2.45, 2.75) is 37.8 Å². The van der Waals surface area contributed by atoms with Crippen LogP contribution in [-0.2, 0) is 4.79 Å². The van der Waals surface area contributed by atoms with Crippen molar-refractivity contribution in [2.24, 2.45) is 0 Å². The zero-order chi connectivity index (χ0) is 17.6. The Bertz CT molecular complexity index is 544. The minimum absolute atomic E-state index is 0.0522. The molecule has 0 fully saturated rings. The van der Waals surface area contributed by atoms with E-state index in [0.717, 1.165) is 0 Å². The summed E-state index contributed by atoms with van der Waals surface area (Å²) in [5.74, 6) is -1.34. The Hall–Kier alpha value is -1.84. The standard InChI is InChI=1S/C15H20O8/c1-2-11(18)23-9-5-3-4-8(6-9)12(19)14(21)15(22)13(20)10(17)7-16/h3-6,10,13-17,20-22H,2,7H2,1H3/t10-,13-,14+,15+/m1/s1. The number of Topliss-reactive ketones (excluding diaryl/α,β-unsaturated/α-hetero) is 1. The van der Waals surface area contributed by atoms with Gasteiger partial charge >= 0.3 is 5.97 Å². The molecule has 0 aliphatic carbocycles. The summed E-state index contributed by atoms with van der Waals surface area (Å²) in [6.45, 7) is 0.757. The van der Waals surface area contributed by atoms with Crippen molar-refractivity contribution in [1.29, 1.82) is 0 Å². The van der Waals surface area contributed by atoms with Crippen LogP contribution in [0.5, 0.6) is 5.75 Å². The fourth-order valence-corrected chi connectivity index (χ4v) is 1.76. The molecule has 128 valence electrons. The molecular weight excluding hydrogens is 308 g/mol. The van der Waals surface area contributed by atoms with Crippen molar-refractivity contribution in [3.63, 3.8) is 0 Å². The molecule has 8 nitrogen and oxygen atoms in total. The number of aliphatic hydroxyl groups excluding tert-OH is 5. The SMILES string of the molecule is CCC(=O)Oc1cccc(C(=O)[C@H](O)[C@@H](O)[C@H](O)[C@H](O)CO)c1. The van der Waals surface area contributed by atoms with Crippen LogP contribution in [0, 0.1) is 0 Å². The number of benzene rings is 1. The van der Waals surface area contributed by atoms with E-state index in [1.54, 1.807) is 6.92 Å². The van der Waals surface area contributed by atoms with Gasteiger partial charge in [0.05, 0.1) is 6.61 Å². The fraction of sp³-hybridized carbons (Fsp3) is 0.467. The molecule has 1 rings (SSSR count). The van der Waals surface area contributed by atoms with Gasteiger partial charge in [-0.1, -0.05) is 19.1 Å². The largest absolute Gasteiger partial charge is 0.427 e. The number of hydrogen-bond donors (Lipinski definition) is 5. The topological polar surface area (TPSA) is 145 Å². The summed E-state index contributed by atoms with van der Waals surface area (Å²) in [6.07, 6.45) is -7.48. The van der Waals surface area contributed by atoms with Gasteiger partial charge in [-0.25, -0.2) is 0 Å². The third-order valence-corrected chi connectivity index (χ3v) is 3.16. The molecule has 8 heteroatoms. The summed E-state index contributed by atoms with van der Waals surface area (Å²) in [7, 11) is 0. The lowest BCUT2D eigenvalue weighted by Gasteiger charge is -2.24. The summed E-state index contributed by atoms with van der Waals surface area (Å²) >= 11 is 0. The van der Waals surface area contributed by atoms with Gasteiger partial charge in [-0.2, -0.15) is 0 Å². The lowest BCUT2D eigenvalue weighted by atomic mass is 9.96. The molecule has 0 spiro atoms. The van der Waals surface area contributed by atoms with Gasteiger partial charge in [0.15, 0.2) is 5.78 Å². The summed E-state index contributed by atoms with van der Waals surface area (Å²) in [5.41, 5.74) is -0.0522. The van der Waals surface area contributed by atoms with Crippen molar-refractivity contribution in [3.05, 3.63) is 29.8 Å². The lowest BCUT2D eigenvalue weighted by molar-refractivity contribution is -0.134. The minimum Gasteiger partial charge on any atom is -0.427 e. The Kier molecular flexibility index (Phi) is 7.27. The first kappa shape index (κ1) is 19.2. The molecule has 4 atom stereocenters. The lowest BCUT2D eigenvalue weighted by Crippen LogP contribution is -2.48. The third kappa shape index (κ3) is 5.08. The van der Waals surface area contributed by atoms with E-state index in [2.05, 4.69) is 0 Å². The second-order valence-corrected chi connectivity index (χ2v) is 4.90. The predicted octanol–water partition coefficient (Wildman–Crippen LogP) is -1.38. The van der Waals surface area contributed by atoms with E-state index in [4.69, 9.17) is 9.84 Å². The molecule has 0 bridgehead atoms. The van der Waals surface area contributed by atoms with Gasteiger partial charge in [0.1, 0.15) is 30.2 Å². The number of ketones is 1. The van der Waals surface area contributed by atoms with Crippen LogP contribution in [0.2, 0.25) is 0 Å². The minimum atomic E-state index is -2.02. The third-order valence-electron chi connectivity index (χ3n) is 3.16. The van der Waals surface area contributed by atoms with E-state index in [9.17, 15) is 30.0 Å². The number of carbonyl (C=O) groups excluding carboxylic acids is 2. The van der Waals surface area contributed by atoms with Crippen LogP contribution in [0.4, 0.5) is 0 Å². The normalized spacial score (nSPS) is 16.3.